The third-order valence-electron chi connectivity index (χ3n) is 3.39. The van der Waals surface area contributed by atoms with Crippen LogP contribution in [0.2, 0.25) is 0 Å². The predicted molar refractivity (Wildman–Crippen MR) is 55.7 cm³/mol. The minimum atomic E-state index is 0.0728. The first-order chi connectivity index (χ1) is 6.22. The maximum absolute atomic E-state index is 9.34. The van der Waals surface area contributed by atoms with Crippen molar-refractivity contribution in [2.45, 2.75) is 51.5 Å². The van der Waals surface area contributed by atoms with Crippen molar-refractivity contribution < 1.29 is 5.11 Å². The van der Waals surface area contributed by atoms with Crippen molar-refractivity contribution in [1.82, 2.24) is 5.32 Å². The number of nitrogens with one attached hydrogen (secondary N) is 1. The van der Waals surface area contributed by atoms with Crippen LogP contribution in [0.3, 0.4) is 0 Å². The highest BCUT2D eigenvalue weighted by Crippen LogP contribution is 2.29. The van der Waals surface area contributed by atoms with Gasteiger partial charge < -0.3 is 10.4 Å². The smallest absolute Gasteiger partial charge is 0.0613 e. The van der Waals surface area contributed by atoms with E-state index in [1.165, 1.54) is 19.3 Å². The number of rotatable bonds is 5. The van der Waals surface area contributed by atoms with Crippen molar-refractivity contribution in [3.05, 3.63) is 0 Å². The SMILES string of the molecule is CCC(C)CNC1(CO)CCCC1. The van der Waals surface area contributed by atoms with Gasteiger partial charge in [-0.3, -0.25) is 0 Å². The Morgan fingerprint density at radius 1 is 1.38 bits per heavy atom. The average Bonchev–Trinajstić information content (AvgIpc) is 2.63. The molecule has 1 unspecified atom stereocenters. The van der Waals surface area contributed by atoms with Crippen molar-refractivity contribution in [2.24, 2.45) is 5.92 Å². The van der Waals surface area contributed by atoms with Crippen LogP contribution >= 0.6 is 0 Å². The van der Waals surface area contributed by atoms with E-state index < -0.39 is 0 Å². The first kappa shape index (κ1) is 11.0. The van der Waals surface area contributed by atoms with Crippen LogP contribution in [0, 0.1) is 5.92 Å². The van der Waals surface area contributed by atoms with Gasteiger partial charge in [0.1, 0.15) is 0 Å². The van der Waals surface area contributed by atoms with Crippen LogP contribution in [0.1, 0.15) is 46.0 Å². The number of aliphatic hydroxyl groups is 1. The summed E-state index contributed by atoms with van der Waals surface area (Å²) in [5.41, 5.74) is 0.0728. The van der Waals surface area contributed by atoms with Gasteiger partial charge in [0.2, 0.25) is 0 Å². The summed E-state index contributed by atoms with van der Waals surface area (Å²) in [6, 6.07) is 0. The molecule has 2 heteroatoms. The number of aliphatic hydroxyl groups excluding tert-OH is 1. The molecule has 0 saturated heterocycles. The van der Waals surface area contributed by atoms with Crippen LogP contribution in [-0.2, 0) is 0 Å². The Morgan fingerprint density at radius 3 is 2.46 bits per heavy atom. The number of hydrogen-bond donors (Lipinski definition) is 2. The average molecular weight is 185 g/mol. The van der Waals surface area contributed by atoms with Gasteiger partial charge in [0.15, 0.2) is 0 Å². The molecule has 0 radical (unpaired) electrons. The first-order valence-corrected chi connectivity index (χ1v) is 5.58. The molecule has 78 valence electrons. The molecule has 1 aliphatic carbocycles. The fourth-order valence-electron chi connectivity index (χ4n) is 1.98. The molecule has 1 aliphatic rings. The maximum atomic E-state index is 9.34. The lowest BCUT2D eigenvalue weighted by molar-refractivity contribution is 0.159. The van der Waals surface area contributed by atoms with Crippen LogP contribution in [0.15, 0.2) is 0 Å². The van der Waals surface area contributed by atoms with Crippen molar-refractivity contribution in [3.8, 4) is 0 Å². The first-order valence-electron chi connectivity index (χ1n) is 5.58. The summed E-state index contributed by atoms with van der Waals surface area (Å²) in [7, 11) is 0. The van der Waals surface area contributed by atoms with E-state index in [9.17, 15) is 5.11 Å². The van der Waals surface area contributed by atoms with Crippen molar-refractivity contribution in [3.63, 3.8) is 0 Å². The monoisotopic (exact) mass is 185 g/mol. The fraction of sp³-hybridized carbons (Fsp3) is 1.00. The minimum Gasteiger partial charge on any atom is -0.394 e. The lowest BCUT2D eigenvalue weighted by Crippen LogP contribution is -2.47. The highest BCUT2D eigenvalue weighted by Gasteiger charge is 2.32. The van der Waals surface area contributed by atoms with E-state index in [0.29, 0.717) is 6.61 Å². The molecule has 0 aromatic heterocycles. The lowest BCUT2D eigenvalue weighted by Gasteiger charge is -2.29. The summed E-state index contributed by atoms with van der Waals surface area (Å²) in [5.74, 6) is 0.726. The second kappa shape index (κ2) is 4.97. The zero-order chi connectivity index (χ0) is 9.73. The molecule has 0 heterocycles. The maximum Gasteiger partial charge on any atom is 0.0613 e. The van der Waals surface area contributed by atoms with E-state index in [2.05, 4.69) is 19.2 Å². The molecule has 0 bridgehead atoms. The molecule has 1 atom stereocenters. The molecule has 0 aromatic rings. The van der Waals surface area contributed by atoms with Gasteiger partial charge in [-0.15, -0.1) is 0 Å². The van der Waals surface area contributed by atoms with Gasteiger partial charge in [-0.2, -0.15) is 0 Å². The van der Waals surface area contributed by atoms with E-state index in [1.54, 1.807) is 0 Å². The molecule has 2 nitrogen and oxygen atoms in total. The van der Waals surface area contributed by atoms with Crippen molar-refractivity contribution >= 4 is 0 Å². The fourth-order valence-corrected chi connectivity index (χ4v) is 1.98. The second-order valence-electron chi connectivity index (χ2n) is 4.54. The summed E-state index contributed by atoms with van der Waals surface area (Å²) in [4.78, 5) is 0. The van der Waals surface area contributed by atoms with Crippen molar-refractivity contribution in [2.75, 3.05) is 13.2 Å². The molecular weight excluding hydrogens is 162 g/mol. The van der Waals surface area contributed by atoms with Gasteiger partial charge in [-0.25, -0.2) is 0 Å². The molecule has 0 amide bonds. The summed E-state index contributed by atoms with van der Waals surface area (Å²) in [6.07, 6.45) is 6.07. The Morgan fingerprint density at radius 2 is 2.00 bits per heavy atom. The second-order valence-corrected chi connectivity index (χ2v) is 4.54. The molecule has 0 aromatic carbocycles. The Hall–Kier alpha value is -0.0800. The van der Waals surface area contributed by atoms with Crippen LogP contribution in [0.4, 0.5) is 0 Å². The molecule has 1 rings (SSSR count). The highest BCUT2D eigenvalue weighted by molar-refractivity contribution is 4.92. The highest BCUT2D eigenvalue weighted by atomic mass is 16.3. The lowest BCUT2D eigenvalue weighted by atomic mass is 9.97. The Kier molecular flexibility index (Phi) is 4.20. The van der Waals surface area contributed by atoms with Crippen LogP contribution in [-0.4, -0.2) is 23.8 Å². The standard InChI is InChI=1S/C11H23NO/c1-3-10(2)8-12-11(9-13)6-4-5-7-11/h10,12-13H,3-9H2,1-2H3. The Balaban J connectivity index is 2.31. The van der Waals surface area contributed by atoms with E-state index in [4.69, 9.17) is 0 Å². The topological polar surface area (TPSA) is 32.3 Å². The van der Waals surface area contributed by atoms with Crippen LogP contribution in [0.5, 0.6) is 0 Å². The zero-order valence-electron chi connectivity index (χ0n) is 8.97. The summed E-state index contributed by atoms with van der Waals surface area (Å²) in [5, 5.41) is 12.9. The summed E-state index contributed by atoms with van der Waals surface area (Å²) < 4.78 is 0. The van der Waals surface area contributed by atoms with E-state index in [-0.39, 0.29) is 5.54 Å². The van der Waals surface area contributed by atoms with Gasteiger partial charge in [0.05, 0.1) is 6.61 Å². The third kappa shape index (κ3) is 2.96. The van der Waals surface area contributed by atoms with E-state index >= 15 is 0 Å². The van der Waals surface area contributed by atoms with Gasteiger partial charge in [-0.1, -0.05) is 33.1 Å². The Labute approximate surface area is 81.7 Å². The molecular formula is C11H23NO. The van der Waals surface area contributed by atoms with Crippen molar-refractivity contribution in [1.29, 1.82) is 0 Å². The largest absolute Gasteiger partial charge is 0.394 e. The quantitative estimate of drug-likeness (QED) is 0.686. The van der Waals surface area contributed by atoms with E-state index in [0.717, 1.165) is 25.3 Å². The minimum absolute atomic E-state index is 0.0728. The predicted octanol–water partition coefficient (Wildman–Crippen LogP) is 1.93. The summed E-state index contributed by atoms with van der Waals surface area (Å²) >= 11 is 0. The molecule has 0 spiro atoms. The van der Waals surface area contributed by atoms with Gasteiger partial charge in [-0.05, 0) is 25.3 Å². The van der Waals surface area contributed by atoms with Gasteiger partial charge in [0, 0.05) is 5.54 Å². The molecule has 1 fully saturated rings. The summed E-state index contributed by atoms with van der Waals surface area (Å²) in [6.45, 7) is 5.83. The normalized spacial score (nSPS) is 23.3. The third-order valence-corrected chi connectivity index (χ3v) is 3.39. The van der Waals surface area contributed by atoms with Gasteiger partial charge >= 0.3 is 0 Å². The van der Waals surface area contributed by atoms with E-state index in [1.807, 2.05) is 0 Å². The molecule has 13 heavy (non-hydrogen) atoms. The molecule has 0 aliphatic heterocycles. The van der Waals surface area contributed by atoms with Crippen LogP contribution < -0.4 is 5.32 Å². The molecule has 2 N–H and O–H groups in total. The molecule has 1 saturated carbocycles. The van der Waals surface area contributed by atoms with Crippen LogP contribution in [0.25, 0.3) is 0 Å². The van der Waals surface area contributed by atoms with Gasteiger partial charge in [0.25, 0.3) is 0 Å². The zero-order valence-corrected chi connectivity index (χ0v) is 8.97. The number of hydrogen-bond acceptors (Lipinski definition) is 2. The Bertz CT molecular complexity index is 141.